The molecule has 2 rings (SSSR count). The molecule has 3 nitrogen and oxygen atoms in total. The van der Waals surface area contributed by atoms with E-state index in [0.717, 1.165) is 12.1 Å². The minimum absolute atomic E-state index is 0. The zero-order valence-corrected chi connectivity index (χ0v) is 13.3. The molecular formula is C17H17ClF3NO2. The monoisotopic (exact) mass is 359 g/mol. The minimum Gasteiger partial charge on any atom is -0.481 e. The van der Waals surface area contributed by atoms with Crippen molar-refractivity contribution in [1.29, 1.82) is 0 Å². The lowest BCUT2D eigenvalue weighted by atomic mass is 9.81. The summed E-state index contributed by atoms with van der Waals surface area (Å²) >= 11 is 0. The number of hydrogen-bond acceptors (Lipinski definition) is 2. The molecule has 2 unspecified atom stereocenters. The fraction of sp³-hybridized carbons (Fsp3) is 0.235. The van der Waals surface area contributed by atoms with Crippen LogP contribution >= 0.6 is 12.4 Å². The molecule has 2 aromatic carbocycles. The Hall–Kier alpha value is -2.05. The van der Waals surface area contributed by atoms with E-state index < -0.39 is 29.5 Å². The maximum Gasteiger partial charge on any atom is 0.416 e. The number of halogens is 4. The molecule has 0 saturated carbocycles. The van der Waals surface area contributed by atoms with Crippen LogP contribution < -0.4 is 5.73 Å². The van der Waals surface area contributed by atoms with E-state index in [-0.39, 0.29) is 19.0 Å². The van der Waals surface area contributed by atoms with Crippen LogP contribution in [0.25, 0.3) is 0 Å². The van der Waals surface area contributed by atoms with Gasteiger partial charge in [-0.1, -0.05) is 42.5 Å². The molecule has 0 saturated heterocycles. The van der Waals surface area contributed by atoms with Crippen molar-refractivity contribution in [2.45, 2.75) is 18.0 Å². The van der Waals surface area contributed by atoms with Gasteiger partial charge in [-0.25, -0.2) is 0 Å². The molecular weight excluding hydrogens is 343 g/mol. The van der Waals surface area contributed by atoms with E-state index >= 15 is 0 Å². The number of aliphatic carboxylic acids is 1. The normalized spacial score (nSPS) is 13.7. The van der Waals surface area contributed by atoms with E-state index in [4.69, 9.17) is 5.73 Å². The maximum atomic E-state index is 12.6. The number of carboxylic acid groups (broad SMARTS) is 1. The van der Waals surface area contributed by atoms with Crippen LogP contribution in [0.5, 0.6) is 0 Å². The Morgan fingerprint density at radius 2 is 1.54 bits per heavy atom. The predicted octanol–water partition coefficient (Wildman–Crippen LogP) is 4.04. The second kappa shape index (κ2) is 8.17. The van der Waals surface area contributed by atoms with Gasteiger partial charge in [0.25, 0.3) is 0 Å². The number of nitrogens with two attached hydrogens (primary N) is 1. The molecule has 0 aliphatic carbocycles. The molecule has 0 amide bonds. The third-order valence-corrected chi connectivity index (χ3v) is 3.75. The highest BCUT2D eigenvalue weighted by atomic mass is 35.5. The molecule has 0 radical (unpaired) electrons. The zero-order valence-electron chi connectivity index (χ0n) is 12.5. The Morgan fingerprint density at radius 3 is 1.96 bits per heavy atom. The quantitative estimate of drug-likeness (QED) is 0.847. The third-order valence-electron chi connectivity index (χ3n) is 3.75. The van der Waals surface area contributed by atoms with Crippen molar-refractivity contribution in [3.05, 3.63) is 71.3 Å². The van der Waals surface area contributed by atoms with Crippen molar-refractivity contribution in [3.8, 4) is 0 Å². The van der Waals surface area contributed by atoms with Gasteiger partial charge in [-0.2, -0.15) is 13.2 Å². The predicted molar refractivity (Wildman–Crippen MR) is 87.3 cm³/mol. The number of alkyl halides is 3. The zero-order chi connectivity index (χ0) is 17.0. The molecule has 130 valence electrons. The first kappa shape index (κ1) is 20.0. The Bertz CT molecular complexity index is 660. The number of hydrogen-bond donors (Lipinski definition) is 2. The van der Waals surface area contributed by atoms with Gasteiger partial charge in [0.2, 0.25) is 0 Å². The van der Waals surface area contributed by atoms with E-state index in [9.17, 15) is 23.1 Å². The maximum absolute atomic E-state index is 12.6. The lowest BCUT2D eigenvalue weighted by Gasteiger charge is -2.24. The van der Waals surface area contributed by atoms with Gasteiger partial charge in [0.1, 0.15) is 0 Å². The average molecular weight is 360 g/mol. The summed E-state index contributed by atoms with van der Waals surface area (Å²) < 4.78 is 37.9. The second-order valence-corrected chi connectivity index (χ2v) is 5.19. The Balaban J connectivity index is 0.00000288. The number of carbonyl (C=O) groups is 1. The van der Waals surface area contributed by atoms with Crippen LogP contribution in [0.15, 0.2) is 54.6 Å². The van der Waals surface area contributed by atoms with Crippen LogP contribution in [0.3, 0.4) is 0 Å². The fourth-order valence-corrected chi connectivity index (χ4v) is 2.59. The molecule has 0 aliphatic rings. The second-order valence-electron chi connectivity index (χ2n) is 5.19. The molecule has 0 spiro atoms. The Labute approximate surface area is 143 Å². The first-order chi connectivity index (χ1) is 10.8. The summed E-state index contributed by atoms with van der Waals surface area (Å²) in [7, 11) is 0. The summed E-state index contributed by atoms with van der Waals surface area (Å²) in [4.78, 5) is 11.7. The Kier molecular flexibility index (Phi) is 6.81. The molecule has 2 aromatic rings. The van der Waals surface area contributed by atoms with E-state index in [2.05, 4.69) is 0 Å². The van der Waals surface area contributed by atoms with Crippen LogP contribution in [0.4, 0.5) is 13.2 Å². The summed E-state index contributed by atoms with van der Waals surface area (Å²) in [6.45, 7) is 0.0111. The summed E-state index contributed by atoms with van der Waals surface area (Å²) in [5.41, 5.74) is 5.98. The standard InChI is InChI=1S/C17H16F3NO2.ClH/c18-17(19,20)13-8-6-11(7-9-13)14(10-21)15(16(22)23)12-4-2-1-3-5-12;/h1-9,14-15H,10,21H2,(H,22,23);1H. The summed E-state index contributed by atoms with van der Waals surface area (Å²) in [6, 6.07) is 13.0. The molecule has 3 N–H and O–H groups in total. The van der Waals surface area contributed by atoms with Gasteiger partial charge in [-0.3, -0.25) is 4.79 Å². The van der Waals surface area contributed by atoms with Gasteiger partial charge in [-0.15, -0.1) is 12.4 Å². The number of rotatable bonds is 5. The average Bonchev–Trinajstić information content (AvgIpc) is 2.52. The number of benzene rings is 2. The molecule has 0 aromatic heterocycles. The van der Waals surface area contributed by atoms with Crippen LogP contribution in [0.1, 0.15) is 28.5 Å². The van der Waals surface area contributed by atoms with Crippen molar-refractivity contribution in [2.24, 2.45) is 5.73 Å². The van der Waals surface area contributed by atoms with Crippen LogP contribution in [-0.4, -0.2) is 17.6 Å². The largest absolute Gasteiger partial charge is 0.481 e. The van der Waals surface area contributed by atoms with E-state index in [1.54, 1.807) is 30.3 Å². The van der Waals surface area contributed by atoms with Crippen LogP contribution in [-0.2, 0) is 11.0 Å². The third kappa shape index (κ3) is 4.49. The summed E-state index contributed by atoms with van der Waals surface area (Å²) in [5, 5.41) is 9.54. The first-order valence-electron chi connectivity index (χ1n) is 6.99. The summed E-state index contributed by atoms with van der Waals surface area (Å²) in [5.74, 6) is -2.60. The lowest BCUT2D eigenvalue weighted by molar-refractivity contribution is -0.139. The number of carboxylic acids is 1. The minimum atomic E-state index is -4.43. The molecule has 2 atom stereocenters. The molecule has 0 bridgehead atoms. The molecule has 0 heterocycles. The van der Waals surface area contributed by atoms with E-state index in [0.29, 0.717) is 11.1 Å². The first-order valence-corrected chi connectivity index (χ1v) is 6.99. The lowest BCUT2D eigenvalue weighted by Crippen LogP contribution is -2.26. The molecule has 0 aliphatic heterocycles. The van der Waals surface area contributed by atoms with Gasteiger partial charge in [-0.05, 0) is 23.3 Å². The van der Waals surface area contributed by atoms with Crippen molar-refractivity contribution >= 4 is 18.4 Å². The highest BCUT2D eigenvalue weighted by Crippen LogP contribution is 2.35. The van der Waals surface area contributed by atoms with Crippen molar-refractivity contribution in [2.75, 3.05) is 6.54 Å². The van der Waals surface area contributed by atoms with Gasteiger partial charge < -0.3 is 10.8 Å². The Morgan fingerprint density at radius 1 is 1.00 bits per heavy atom. The van der Waals surface area contributed by atoms with E-state index in [1.165, 1.54) is 12.1 Å². The van der Waals surface area contributed by atoms with Crippen molar-refractivity contribution in [3.63, 3.8) is 0 Å². The van der Waals surface area contributed by atoms with Gasteiger partial charge >= 0.3 is 12.1 Å². The molecule has 0 fully saturated rings. The van der Waals surface area contributed by atoms with Crippen molar-refractivity contribution < 1.29 is 23.1 Å². The van der Waals surface area contributed by atoms with Crippen LogP contribution in [0, 0.1) is 0 Å². The molecule has 7 heteroatoms. The van der Waals surface area contributed by atoms with Crippen LogP contribution in [0.2, 0.25) is 0 Å². The van der Waals surface area contributed by atoms with Gasteiger partial charge in [0.05, 0.1) is 11.5 Å². The van der Waals surface area contributed by atoms with Gasteiger partial charge in [0.15, 0.2) is 0 Å². The van der Waals surface area contributed by atoms with Crippen molar-refractivity contribution in [1.82, 2.24) is 0 Å². The van der Waals surface area contributed by atoms with E-state index in [1.807, 2.05) is 0 Å². The smallest absolute Gasteiger partial charge is 0.416 e. The highest BCUT2D eigenvalue weighted by molar-refractivity contribution is 5.85. The molecule has 24 heavy (non-hydrogen) atoms. The van der Waals surface area contributed by atoms with Gasteiger partial charge in [0, 0.05) is 12.5 Å². The fourth-order valence-electron chi connectivity index (χ4n) is 2.59. The topological polar surface area (TPSA) is 63.3 Å². The highest BCUT2D eigenvalue weighted by Gasteiger charge is 2.32. The summed E-state index contributed by atoms with van der Waals surface area (Å²) in [6.07, 6.45) is -4.43. The SMILES string of the molecule is Cl.NCC(c1ccc(C(F)(F)F)cc1)C(C(=O)O)c1ccccc1.